The number of thiophene rings is 1. The Kier molecular flexibility index (Phi) is 3.23. The summed E-state index contributed by atoms with van der Waals surface area (Å²) in [4.78, 5) is 20.6. The third-order valence-corrected chi connectivity index (χ3v) is 4.79. The van der Waals surface area contributed by atoms with Crippen LogP contribution < -0.4 is 10.6 Å². The molecule has 6 heteroatoms. The lowest BCUT2D eigenvalue weighted by molar-refractivity contribution is -0.117. The molecule has 0 saturated carbocycles. The third kappa shape index (κ3) is 2.21. The topological polar surface area (TPSA) is 66.9 Å². The normalized spacial score (nSPS) is 16.5. The van der Waals surface area contributed by atoms with E-state index in [9.17, 15) is 4.79 Å². The average Bonchev–Trinajstić information content (AvgIpc) is 3.12. The van der Waals surface area contributed by atoms with E-state index >= 15 is 0 Å². The molecule has 110 valence electrons. The summed E-state index contributed by atoms with van der Waals surface area (Å²) in [5, 5.41) is 8.27. The number of rotatable bonds is 4. The molecule has 1 aliphatic heterocycles. The number of carbonyl (C=O) groups excluding carboxylic acids is 1. The molecule has 1 amide bonds. The van der Waals surface area contributed by atoms with Gasteiger partial charge in [-0.3, -0.25) is 4.79 Å². The fourth-order valence-electron chi connectivity index (χ4n) is 2.81. The molecule has 0 bridgehead atoms. The van der Waals surface area contributed by atoms with Gasteiger partial charge in [0.05, 0.1) is 16.1 Å². The number of nitrogens with one attached hydrogen (secondary N) is 2. The molecule has 0 saturated heterocycles. The van der Waals surface area contributed by atoms with Gasteiger partial charge in [-0.2, -0.15) is 0 Å². The lowest BCUT2D eigenvalue weighted by Crippen LogP contribution is -2.16. The highest BCUT2D eigenvalue weighted by molar-refractivity contribution is 7.17. The number of para-hydroxylation sites is 1. The SMILES string of the molecule is O=C1Nc2ccccc2[C@@H]1CCNc1ncnc2ccsc12. The van der Waals surface area contributed by atoms with Gasteiger partial charge in [-0.05, 0) is 29.5 Å². The Balaban J connectivity index is 1.48. The molecule has 1 atom stereocenters. The summed E-state index contributed by atoms with van der Waals surface area (Å²) >= 11 is 1.62. The fraction of sp³-hybridized carbons (Fsp3) is 0.188. The number of hydrogen-bond donors (Lipinski definition) is 2. The van der Waals surface area contributed by atoms with E-state index in [-0.39, 0.29) is 11.8 Å². The largest absolute Gasteiger partial charge is 0.369 e. The molecule has 2 N–H and O–H groups in total. The molecule has 22 heavy (non-hydrogen) atoms. The predicted octanol–water partition coefficient (Wildman–Crippen LogP) is 3.23. The first-order valence-electron chi connectivity index (χ1n) is 7.15. The van der Waals surface area contributed by atoms with Gasteiger partial charge in [0.1, 0.15) is 12.1 Å². The second-order valence-electron chi connectivity index (χ2n) is 5.20. The predicted molar refractivity (Wildman–Crippen MR) is 88.3 cm³/mol. The van der Waals surface area contributed by atoms with Crippen LogP contribution in [0.2, 0.25) is 0 Å². The molecule has 5 nitrogen and oxygen atoms in total. The smallest absolute Gasteiger partial charge is 0.232 e. The van der Waals surface area contributed by atoms with Crippen molar-refractivity contribution in [2.24, 2.45) is 0 Å². The molecule has 0 radical (unpaired) electrons. The molecule has 2 aromatic heterocycles. The molecular formula is C16H14N4OS. The van der Waals surface area contributed by atoms with Gasteiger partial charge in [0.2, 0.25) is 5.91 Å². The lowest BCUT2D eigenvalue weighted by Gasteiger charge is -2.10. The van der Waals surface area contributed by atoms with Crippen molar-refractivity contribution in [1.29, 1.82) is 0 Å². The first kappa shape index (κ1) is 13.2. The van der Waals surface area contributed by atoms with Crippen molar-refractivity contribution >= 4 is 39.0 Å². The molecule has 3 aromatic rings. The maximum Gasteiger partial charge on any atom is 0.232 e. The number of amides is 1. The molecule has 3 heterocycles. The highest BCUT2D eigenvalue weighted by Crippen LogP contribution is 2.34. The van der Waals surface area contributed by atoms with Crippen molar-refractivity contribution in [2.75, 3.05) is 17.2 Å². The van der Waals surface area contributed by atoms with E-state index in [1.165, 1.54) is 0 Å². The van der Waals surface area contributed by atoms with Crippen LogP contribution in [0.3, 0.4) is 0 Å². The summed E-state index contributed by atoms with van der Waals surface area (Å²) in [6, 6.07) is 9.85. The number of aromatic nitrogens is 2. The van der Waals surface area contributed by atoms with Crippen molar-refractivity contribution in [1.82, 2.24) is 9.97 Å². The number of fused-ring (bicyclic) bond motifs is 2. The van der Waals surface area contributed by atoms with Gasteiger partial charge >= 0.3 is 0 Å². The molecule has 0 spiro atoms. The van der Waals surface area contributed by atoms with Crippen LogP contribution in [0.15, 0.2) is 42.0 Å². The van der Waals surface area contributed by atoms with Crippen molar-refractivity contribution in [3.8, 4) is 0 Å². The Morgan fingerprint density at radius 2 is 2.14 bits per heavy atom. The van der Waals surface area contributed by atoms with Crippen LogP contribution in [0.1, 0.15) is 17.9 Å². The number of hydrogen-bond acceptors (Lipinski definition) is 5. The van der Waals surface area contributed by atoms with Crippen LogP contribution in [-0.2, 0) is 4.79 Å². The Hall–Kier alpha value is -2.47. The van der Waals surface area contributed by atoms with Gasteiger partial charge in [-0.15, -0.1) is 11.3 Å². The zero-order chi connectivity index (χ0) is 14.9. The van der Waals surface area contributed by atoms with Gasteiger partial charge in [-0.25, -0.2) is 9.97 Å². The third-order valence-electron chi connectivity index (χ3n) is 3.88. The molecule has 0 aliphatic carbocycles. The van der Waals surface area contributed by atoms with Crippen LogP contribution in [0.5, 0.6) is 0 Å². The lowest BCUT2D eigenvalue weighted by atomic mass is 9.97. The van der Waals surface area contributed by atoms with Crippen molar-refractivity contribution in [2.45, 2.75) is 12.3 Å². The number of anilines is 2. The standard InChI is InChI=1S/C16H14N4OS/c21-16-11(10-3-1-2-4-12(10)20-16)5-7-17-15-14-13(6-8-22-14)18-9-19-15/h1-4,6,8-9,11H,5,7H2,(H,20,21)(H,17,18,19)/t11-/m0/s1. The summed E-state index contributed by atoms with van der Waals surface area (Å²) < 4.78 is 1.05. The second kappa shape index (κ2) is 5.38. The Bertz CT molecular complexity index is 845. The highest BCUT2D eigenvalue weighted by Gasteiger charge is 2.29. The van der Waals surface area contributed by atoms with E-state index in [1.807, 2.05) is 35.7 Å². The highest BCUT2D eigenvalue weighted by atomic mass is 32.1. The molecule has 0 unspecified atom stereocenters. The number of benzene rings is 1. The summed E-state index contributed by atoms with van der Waals surface area (Å²) in [5.41, 5.74) is 2.96. The van der Waals surface area contributed by atoms with Gasteiger partial charge < -0.3 is 10.6 Å². The van der Waals surface area contributed by atoms with E-state index in [0.29, 0.717) is 6.54 Å². The fourth-order valence-corrected chi connectivity index (χ4v) is 3.62. The first-order valence-corrected chi connectivity index (χ1v) is 8.03. The zero-order valence-electron chi connectivity index (χ0n) is 11.7. The maximum absolute atomic E-state index is 12.1. The van der Waals surface area contributed by atoms with E-state index in [2.05, 4.69) is 20.6 Å². The van der Waals surface area contributed by atoms with Crippen molar-refractivity contribution in [3.63, 3.8) is 0 Å². The van der Waals surface area contributed by atoms with E-state index < -0.39 is 0 Å². The minimum atomic E-state index is -0.0932. The Labute approximate surface area is 131 Å². The number of carbonyl (C=O) groups is 1. The van der Waals surface area contributed by atoms with E-state index in [0.717, 1.165) is 33.7 Å². The van der Waals surface area contributed by atoms with E-state index in [1.54, 1.807) is 17.7 Å². The van der Waals surface area contributed by atoms with Crippen LogP contribution in [0, 0.1) is 0 Å². The van der Waals surface area contributed by atoms with Crippen molar-refractivity contribution < 1.29 is 4.79 Å². The molecule has 4 rings (SSSR count). The minimum absolute atomic E-state index is 0.0759. The molecular weight excluding hydrogens is 296 g/mol. The first-order chi connectivity index (χ1) is 10.8. The summed E-state index contributed by atoms with van der Waals surface area (Å²) in [6.07, 6.45) is 2.30. The molecule has 1 aromatic carbocycles. The van der Waals surface area contributed by atoms with E-state index in [4.69, 9.17) is 0 Å². The quantitative estimate of drug-likeness (QED) is 0.776. The molecule has 0 fully saturated rings. The Morgan fingerprint density at radius 1 is 1.23 bits per heavy atom. The van der Waals surface area contributed by atoms with Gasteiger partial charge in [0.25, 0.3) is 0 Å². The van der Waals surface area contributed by atoms with Gasteiger partial charge in [-0.1, -0.05) is 18.2 Å². The number of nitrogens with zero attached hydrogens (tertiary/aromatic N) is 2. The Morgan fingerprint density at radius 3 is 3.09 bits per heavy atom. The summed E-state index contributed by atoms with van der Waals surface area (Å²) in [6.45, 7) is 0.691. The van der Waals surface area contributed by atoms with Crippen LogP contribution in [0.4, 0.5) is 11.5 Å². The minimum Gasteiger partial charge on any atom is -0.369 e. The van der Waals surface area contributed by atoms with Crippen LogP contribution >= 0.6 is 11.3 Å². The van der Waals surface area contributed by atoms with Gasteiger partial charge in [0.15, 0.2) is 0 Å². The monoisotopic (exact) mass is 310 g/mol. The second-order valence-corrected chi connectivity index (χ2v) is 6.12. The zero-order valence-corrected chi connectivity index (χ0v) is 12.6. The average molecular weight is 310 g/mol. The van der Waals surface area contributed by atoms with Crippen LogP contribution in [-0.4, -0.2) is 22.4 Å². The van der Waals surface area contributed by atoms with Crippen molar-refractivity contribution in [3.05, 3.63) is 47.6 Å². The van der Waals surface area contributed by atoms with Crippen LogP contribution in [0.25, 0.3) is 10.2 Å². The summed E-state index contributed by atoms with van der Waals surface area (Å²) in [5.74, 6) is 0.822. The maximum atomic E-state index is 12.1. The summed E-state index contributed by atoms with van der Waals surface area (Å²) in [7, 11) is 0. The molecule has 1 aliphatic rings. The van der Waals surface area contributed by atoms with Gasteiger partial charge in [0, 0.05) is 12.2 Å².